The van der Waals surface area contributed by atoms with Gasteiger partial charge in [-0.25, -0.2) is 0 Å². The fourth-order valence-corrected chi connectivity index (χ4v) is 3.35. The van der Waals surface area contributed by atoms with E-state index in [0.717, 1.165) is 36.5 Å². The molecule has 1 aromatic carbocycles. The molecule has 2 fully saturated rings. The zero-order valence-corrected chi connectivity index (χ0v) is 16.2. The van der Waals surface area contributed by atoms with Crippen molar-refractivity contribution in [3.05, 3.63) is 34.9 Å². The summed E-state index contributed by atoms with van der Waals surface area (Å²) in [5.74, 6) is 1.44. The summed E-state index contributed by atoms with van der Waals surface area (Å²) in [5, 5.41) is 0.792. The van der Waals surface area contributed by atoms with Crippen LogP contribution in [0.2, 0.25) is 5.02 Å². The lowest BCUT2D eigenvalue weighted by atomic mass is 9.96. The molecule has 3 rings (SSSR count). The highest BCUT2D eigenvalue weighted by Crippen LogP contribution is 2.48. The number of benzene rings is 1. The maximum Gasteiger partial charge on any atom is 0.191 e. The van der Waals surface area contributed by atoms with Gasteiger partial charge in [-0.15, -0.1) is 24.0 Å². The Morgan fingerprint density at radius 3 is 2.64 bits per heavy atom. The van der Waals surface area contributed by atoms with E-state index in [2.05, 4.69) is 24.0 Å². The summed E-state index contributed by atoms with van der Waals surface area (Å²) in [6, 6.07) is 8.20. The van der Waals surface area contributed by atoms with Crippen LogP contribution in [0.4, 0.5) is 0 Å². The molecule has 0 spiro atoms. The number of hydrogen-bond acceptors (Lipinski definition) is 1. The van der Waals surface area contributed by atoms with Crippen LogP contribution in [0.1, 0.15) is 38.2 Å². The van der Waals surface area contributed by atoms with E-state index in [-0.39, 0.29) is 29.4 Å². The first kappa shape index (κ1) is 17.9. The van der Waals surface area contributed by atoms with Crippen LogP contribution in [0.15, 0.2) is 29.3 Å². The molecule has 0 radical (unpaired) electrons. The summed E-state index contributed by atoms with van der Waals surface area (Å²) in [7, 11) is 0. The Balaban J connectivity index is 0.00000176. The maximum absolute atomic E-state index is 6.20. The third-order valence-electron chi connectivity index (χ3n) is 4.83. The average Bonchev–Trinajstić information content (AvgIpc) is 3.27. The highest BCUT2D eigenvalue weighted by Gasteiger charge is 2.44. The third kappa shape index (κ3) is 4.07. The van der Waals surface area contributed by atoms with Crippen LogP contribution >= 0.6 is 35.6 Å². The lowest BCUT2D eigenvalue weighted by molar-refractivity contribution is 0.270. The Hall–Kier alpha value is -0.490. The van der Waals surface area contributed by atoms with E-state index in [9.17, 15) is 0 Å². The maximum atomic E-state index is 6.20. The Morgan fingerprint density at radius 2 is 2.05 bits per heavy atom. The van der Waals surface area contributed by atoms with Gasteiger partial charge in [0.05, 0.1) is 6.54 Å². The Labute approximate surface area is 155 Å². The molecule has 1 saturated carbocycles. The van der Waals surface area contributed by atoms with Gasteiger partial charge in [0.2, 0.25) is 0 Å². The summed E-state index contributed by atoms with van der Waals surface area (Å²) in [5.41, 5.74) is 7.75. The van der Waals surface area contributed by atoms with Crippen molar-refractivity contribution < 1.29 is 0 Å². The minimum atomic E-state index is 0. The largest absolute Gasteiger partial charge is 0.370 e. The monoisotopic (exact) mass is 433 g/mol. The van der Waals surface area contributed by atoms with E-state index in [1.807, 2.05) is 12.1 Å². The summed E-state index contributed by atoms with van der Waals surface area (Å²) < 4.78 is 0. The van der Waals surface area contributed by atoms with Crippen LogP contribution in [-0.4, -0.2) is 30.5 Å². The summed E-state index contributed by atoms with van der Waals surface area (Å²) in [6.45, 7) is 5.18. The minimum Gasteiger partial charge on any atom is -0.370 e. The SMILES string of the molecule is CC1CCCN(C(N)=NCC2(c3ccc(Cl)cc3)CC2)C1.I. The molecular formula is C17H25ClIN3. The molecule has 0 bridgehead atoms. The van der Waals surface area contributed by atoms with E-state index in [1.165, 1.54) is 31.2 Å². The zero-order chi connectivity index (χ0) is 14.9. The summed E-state index contributed by atoms with van der Waals surface area (Å²) in [6.07, 6.45) is 4.92. The first-order chi connectivity index (χ1) is 10.1. The normalized spacial score (nSPS) is 23.8. The zero-order valence-electron chi connectivity index (χ0n) is 13.1. The van der Waals surface area contributed by atoms with Gasteiger partial charge >= 0.3 is 0 Å². The van der Waals surface area contributed by atoms with E-state index in [0.29, 0.717) is 0 Å². The number of rotatable bonds is 3. The quantitative estimate of drug-likeness (QED) is 0.444. The number of halogens is 2. The molecule has 1 aliphatic heterocycles. The van der Waals surface area contributed by atoms with Crippen molar-refractivity contribution in [2.45, 2.75) is 38.0 Å². The van der Waals surface area contributed by atoms with Crippen LogP contribution < -0.4 is 5.73 Å². The van der Waals surface area contributed by atoms with E-state index in [4.69, 9.17) is 22.3 Å². The first-order valence-corrected chi connectivity index (χ1v) is 8.28. The van der Waals surface area contributed by atoms with Crippen LogP contribution in [0.25, 0.3) is 0 Å². The fourth-order valence-electron chi connectivity index (χ4n) is 3.22. The Kier molecular flexibility index (Phi) is 6.00. The standard InChI is InChI=1S/C17H24ClN3.HI/c1-13-3-2-10-21(11-13)16(19)20-12-17(8-9-17)14-4-6-15(18)7-5-14;/h4-7,13H,2-3,8-12H2,1H3,(H2,19,20);1H. The number of aliphatic imine (C=N–C) groups is 1. The average molecular weight is 434 g/mol. The van der Waals surface area contributed by atoms with Gasteiger partial charge < -0.3 is 10.6 Å². The topological polar surface area (TPSA) is 41.6 Å². The number of likely N-dealkylation sites (tertiary alicyclic amines) is 1. The van der Waals surface area contributed by atoms with Gasteiger partial charge in [0.1, 0.15) is 0 Å². The summed E-state index contributed by atoms with van der Waals surface area (Å²) in [4.78, 5) is 6.94. The number of nitrogens with zero attached hydrogens (tertiary/aromatic N) is 2. The van der Waals surface area contributed by atoms with Gasteiger partial charge in [0.15, 0.2) is 5.96 Å². The van der Waals surface area contributed by atoms with Crippen molar-refractivity contribution in [3.8, 4) is 0 Å². The van der Waals surface area contributed by atoms with Gasteiger partial charge in [0.25, 0.3) is 0 Å². The van der Waals surface area contributed by atoms with Gasteiger partial charge in [-0.2, -0.15) is 0 Å². The van der Waals surface area contributed by atoms with E-state index >= 15 is 0 Å². The molecule has 1 aliphatic carbocycles. The highest BCUT2D eigenvalue weighted by atomic mass is 127. The van der Waals surface area contributed by atoms with Gasteiger partial charge in [0, 0.05) is 23.5 Å². The molecule has 2 aliphatic rings. The molecule has 1 heterocycles. The van der Waals surface area contributed by atoms with E-state index in [1.54, 1.807) is 0 Å². The molecule has 2 N–H and O–H groups in total. The van der Waals surface area contributed by atoms with Gasteiger partial charge in [-0.3, -0.25) is 4.99 Å². The molecule has 3 nitrogen and oxygen atoms in total. The molecule has 122 valence electrons. The van der Waals surface area contributed by atoms with Crippen LogP contribution in [0.3, 0.4) is 0 Å². The second kappa shape index (κ2) is 7.39. The minimum absolute atomic E-state index is 0. The second-order valence-electron chi connectivity index (χ2n) is 6.66. The molecule has 1 aromatic rings. The molecule has 5 heteroatoms. The molecule has 1 atom stereocenters. The highest BCUT2D eigenvalue weighted by molar-refractivity contribution is 14.0. The van der Waals surface area contributed by atoms with Crippen molar-refractivity contribution in [2.75, 3.05) is 19.6 Å². The number of guanidine groups is 1. The third-order valence-corrected chi connectivity index (χ3v) is 5.09. The number of piperidine rings is 1. The molecule has 1 unspecified atom stereocenters. The molecular weight excluding hydrogens is 409 g/mol. The Morgan fingerprint density at radius 1 is 1.36 bits per heavy atom. The van der Waals surface area contributed by atoms with Crippen molar-refractivity contribution >= 4 is 41.5 Å². The van der Waals surface area contributed by atoms with Gasteiger partial charge in [-0.1, -0.05) is 30.7 Å². The van der Waals surface area contributed by atoms with Crippen LogP contribution in [0.5, 0.6) is 0 Å². The first-order valence-electron chi connectivity index (χ1n) is 7.90. The number of hydrogen-bond donors (Lipinski definition) is 1. The lowest BCUT2D eigenvalue weighted by Crippen LogP contribution is -2.43. The number of nitrogens with two attached hydrogens (primary N) is 1. The fraction of sp³-hybridized carbons (Fsp3) is 0.588. The predicted octanol–water partition coefficient (Wildman–Crippen LogP) is 4.04. The van der Waals surface area contributed by atoms with E-state index < -0.39 is 0 Å². The second-order valence-corrected chi connectivity index (χ2v) is 7.09. The predicted molar refractivity (Wildman–Crippen MR) is 104 cm³/mol. The molecule has 0 aromatic heterocycles. The lowest BCUT2D eigenvalue weighted by Gasteiger charge is -2.32. The smallest absolute Gasteiger partial charge is 0.191 e. The van der Waals surface area contributed by atoms with Crippen molar-refractivity contribution in [2.24, 2.45) is 16.6 Å². The molecule has 0 amide bonds. The van der Waals surface area contributed by atoms with Gasteiger partial charge in [-0.05, 0) is 49.3 Å². The van der Waals surface area contributed by atoms with Crippen molar-refractivity contribution in [1.29, 1.82) is 0 Å². The van der Waals surface area contributed by atoms with Crippen molar-refractivity contribution in [3.63, 3.8) is 0 Å². The Bertz CT molecular complexity index is 525. The van der Waals surface area contributed by atoms with Crippen LogP contribution in [0, 0.1) is 5.92 Å². The van der Waals surface area contributed by atoms with Crippen molar-refractivity contribution in [1.82, 2.24) is 4.90 Å². The molecule has 22 heavy (non-hydrogen) atoms. The summed E-state index contributed by atoms with van der Waals surface area (Å²) >= 11 is 5.97. The molecule has 1 saturated heterocycles. The van der Waals surface area contributed by atoms with Crippen LogP contribution in [-0.2, 0) is 5.41 Å².